The summed E-state index contributed by atoms with van der Waals surface area (Å²) in [5.74, 6) is 0.451. The van der Waals surface area contributed by atoms with Gasteiger partial charge in [0.15, 0.2) is 5.82 Å². The molecule has 2 heterocycles. The number of hydrogen-bond acceptors (Lipinski definition) is 5. The van der Waals surface area contributed by atoms with Crippen molar-refractivity contribution >= 4 is 28.5 Å². The second-order valence-corrected chi connectivity index (χ2v) is 3.67. The molecule has 15 heavy (non-hydrogen) atoms. The average Bonchev–Trinajstić information content (AvgIpc) is 2.83. The molecule has 1 aromatic carbocycles. The highest BCUT2D eigenvalue weighted by atomic mass is 32.1. The molecule has 3 rings (SSSR count). The van der Waals surface area contributed by atoms with Crippen molar-refractivity contribution in [3.8, 4) is 11.3 Å². The molecule has 0 saturated heterocycles. The van der Waals surface area contributed by atoms with Crippen molar-refractivity contribution in [1.82, 2.24) is 8.75 Å². The summed E-state index contributed by atoms with van der Waals surface area (Å²) in [6.07, 6.45) is 1.66. The molecule has 4 nitrogen and oxygen atoms in total. The third kappa shape index (κ3) is 1.20. The molecule has 0 aliphatic rings. The first-order valence-electron chi connectivity index (χ1n) is 4.41. The van der Waals surface area contributed by atoms with Crippen LogP contribution in [0.15, 0.2) is 34.9 Å². The van der Waals surface area contributed by atoms with Crippen LogP contribution < -0.4 is 5.73 Å². The molecule has 74 valence electrons. The molecule has 0 radical (unpaired) electrons. The molecular weight excluding hydrogens is 210 g/mol. The molecule has 0 aliphatic carbocycles. The molecular formula is C10H7N3OS. The number of anilines is 1. The maximum absolute atomic E-state index is 5.72. The minimum atomic E-state index is 0.451. The van der Waals surface area contributed by atoms with Gasteiger partial charge in [0.05, 0.1) is 17.3 Å². The van der Waals surface area contributed by atoms with Crippen LogP contribution in [0.25, 0.3) is 22.2 Å². The number of nitrogens with zero attached hydrogens (tertiary/aromatic N) is 2. The highest BCUT2D eigenvalue weighted by Crippen LogP contribution is 2.32. The van der Waals surface area contributed by atoms with E-state index in [-0.39, 0.29) is 0 Å². The van der Waals surface area contributed by atoms with Crippen molar-refractivity contribution < 1.29 is 4.42 Å². The van der Waals surface area contributed by atoms with Crippen molar-refractivity contribution in [2.75, 3.05) is 5.73 Å². The lowest BCUT2D eigenvalue weighted by molar-refractivity contribution is 0.617. The Balaban J connectivity index is 2.32. The molecule has 0 aliphatic heterocycles. The number of nitrogens with two attached hydrogens (primary N) is 1. The second-order valence-electron chi connectivity index (χ2n) is 3.14. The van der Waals surface area contributed by atoms with Crippen molar-refractivity contribution in [2.45, 2.75) is 0 Å². The first kappa shape index (κ1) is 8.43. The quantitative estimate of drug-likeness (QED) is 0.680. The predicted molar refractivity (Wildman–Crippen MR) is 59.5 cm³/mol. The first-order valence-corrected chi connectivity index (χ1v) is 5.14. The number of nitrogen functional groups attached to an aromatic ring is 1. The van der Waals surface area contributed by atoms with Crippen LogP contribution in [-0.2, 0) is 0 Å². The fourth-order valence-electron chi connectivity index (χ4n) is 1.54. The van der Waals surface area contributed by atoms with E-state index in [2.05, 4.69) is 8.75 Å². The number of rotatable bonds is 1. The van der Waals surface area contributed by atoms with Crippen molar-refractivity contribution in [3.05, 3.63) is 30.5 Å². The smallest absolute Gasteiger partial charge is 0.165 e. The number of hydrogen-bond donors (Lipinski definition) is 1. The van der Waals surface area contributed by atoms with E-state index in [1.165, 1.54) is 0 Å². The molecule has 5 heteroatoms. The lowest BCUT2D eigenvalue weighted by Gasteiger charge is -1.92. The fraction of sp³-hybridized carbons (Fsp3) is 0. The van der Waals surface area contributed by atoms with E-state index in [0.717, 1.165) is 28.3 Å². The van der Waals surface area contributed by atoms with Gasteiger partial charge in [-0.15, -0.1) is 0 Å². The van der Waals surface area contributed by atoms with Crippen molar-refractivity contribution in [2.24, 2.45) is 0 Å². The predicted octanol–water partition coefficient (Wildman–Crippen LogP) is 2.53. The number of benzene rings is 1. The standard InChI is InChI=1S/C10H7N3OS/c11-10-9(12-15-13-10)7-5-14-8-4-2-1-3-6(7)8/h1-5H,(H2,11,13). The molecule has 2 N–H and O–H groups in total. The van der Waals surface area contributed by atoms with Crippen LogP contribution in [0.3, 0.4) is 0 Å². The summed E-state index contributed by atoms with van der Waals surface area (Å²) >= 11 is 1.11. The Hall–Kier alpha value is -1.88. The topological polar surface area (TPSA) is 64.9 Å². The molecule has 0 unspecified atom stereocenters. The van der Waals surface area contributed by atoms with Gasteiger partial charge >= 0.3 is 0 Å². The van der Waals surface area contributed by atoms with Crippen LogP contribution in [0.2, 0.25) is 0 Å². The highest BCUT2D eigenvalue weighted by Gasteiger charge is 2.13. The van der Waals surface area contributed by atoms with E-state index in [1.54, 1.807) is 6.26 Å². The fourth-order valence-corrected chi connectivity index (χ4v) is 2.03. The van der Waals surface area contributed by atoms with Gasteiger partial charge in [0.25, 0.3) is 0 Å². The lowest BCUT2D eigenvalue weighted by Crippen LogP contribution is -1.87. The zero-order chi connectivity index (χ0) is 10.3. The molecule has 0 amide bonds. The van der Waals surface area contributed by atoms with Crippen LogP contribution in [-0.4, -0.2) is 8.75 Å². The van der Waals surface area contributed by atoms with E-state index in [0.29, 0.717) is 11.5 Å². The zero-order valence-corrected chi connectivity index (χ0v) is 8.49. The highest BCUT2D eigenvalue weighted by molar-refractivity contribution is 6.99. The van der Waals surface area contributed by atoms with E-state index in [9.17, 15) is 0 Å². The molecule has 2 aromatic heterocycles. The maximum Gasteiger partial charge on any atom is 0.165 e. The van der Waals surface area contributed by atoms with Crippen molar-refractivity contribution in [3.63, 3.8) is 0 Å². The van der Waals surface area contributed by atoms with E-state index in [4.69, 9.17) is 10.2 Å². The summed E-state index contributed by atoms with van der Waals surface area (Å²) in [5, 5.41) is 1.01. The molecule has 0 fully saturated rings. The Kier molecular flexibility index (Phi) is 1.72. The third-order valence-corrected chi connectivity index (χ3v) is 2.79. The van der Waals surface area contributed by atoms with Crippen LogP contribution in [0, 0.1) is 0 Å². The van der Waals surface area contributed by atoms with Gasteiger partial charge in [-0.25, -0.2) is 0 Å². The molecule has 0 bridgehead atoms. The van der Waals surface area contributed by atoms with Gasteiger partial charge in [-0.3, -0.25) is 0 Å². The minimum Gasteiger partial charge on any atom is -0.464 e. The Bertz CT molecular complexity index is 614. The van der Waals surface area contributed by atoms with E-state index < -0.39 is 0 Å². The van der Waals surface area contributed by atoms with E-state index in [1.807, 2.05) is 24.3 Å². The zero-order valence-electron chi connectivity index (χ0n) is 7.68. The second kappa shape index (κ2) is 3.06. The summed E-state index contributed by atoms with van der Waals surface area (Å²) in [5.41, 5.74) is 8.15. The third-order valence-electron chi connectivity index (χ3n) is 2.25. The Labute approximate surface area is 89.7 Å². The van der Waals surface area contributed by atoms with Crippen molar-refractivity contribution in [1.29, 1.82) is 0 Å². The number of furan rings is 1. The summed E-state index contributed by atoms with van der Waals surface area (Å²) in [4.78, 5) is 0. The van der Waals surface area contributed by atoms with Gasteiger partial charge in [-0.1, -0.05) is 18.2 Å². The average molecular weight is 217 g/mol. The molecule has 0 saturated carbocycles. The number of para-hydroxylation sites is 1. The Morgan fingerprint density at radius 1 is 1.20 bits per heavy atom. The Morgan fingerprint density at radius 2 is 2.07 bits per heavy atom. The summed E-state index contributed by atoms with van der Waals surface area (Å²) in [6.45, 7) is 0. The van der Waals surface area contributed by atoms with E-state index >= 15 is 0 Å². The van der Waals surface area contributed by atoms with Gasteiger partial charge in [0, 0.05) is 5.39 Å². The summed E-state index contributed by atoms with van der Waals surface area (Å²) in [7, 11) is 0. The SMILES string of the molecule is Nc1nsnc1-c1coc2ccccc12. The van der Waals surface area contributed by atoms with Crippen LogP contribution >= 0.6 is 11.7 Å². The van der Waals surface area contributed by atoms with Gasteiger partial charge < -0.3 is 10.2 Å². The largest absolute Gasteiger partial charge is 0.464 e. The summed E-state index contributed by atoms with van der Waals surface area (Å²) in [6, 6.07) is 7.78. The minimum absolute atomic E-state index is 0.451. The van der Waals surface area contributed by atoms with Gasteiger partial charge in [-0.2, -0.15) is 8.75 Å². The van der Waals surface area contributed by atoms with Crippen LogP contribution in [0.1, 0.15) is 0 Å². The first-order chi connectivity index (χ1) is 7.36. The summed E-state index contributed by atoms with van der Waals surface area (Å²) < 4.78 is 13.5. The molecule has 3 aromatic rings. The van der Waals surface area contributed by atoms with Gasteiger partial charge in [-0.05, 0) is 6.07 Å². The maximum atomic E-state index is 5.72. The number of aromatic nitrogens is 2. The molecule has 0 spiro atoms. The number of fused-ring (bicyclic) bond motifs is 1. The van der Waals surface area contributed by atoms with Gasteiger partial charge in [0.2, 0.25) is 0 Å². The lowest BCUT2D eigenvalue weighted by atomic mass is 10.1. The normalized spacial score (nSPS) is 10.9. The monoisotopic (exact) mass is 217 g/mol. The Morgan fingerprint density at radius 3 is 2.87 bits per heavy atom. The van der Waals surface area contributed by atoms with Crippen LogP contribution in [0.5, 0.6) is 0 Å². The van der Waals surface area contributed by atoms with Gasteiger partial charge in [0.1, 0.15) is 17.5 Å². The molecule has 0 atom stereocenters. The van der Waals surface area contributed by atoms with Crippen LogP contribution in [0.4, 0.5) is 5.82 Å².